The van der Waals surface area contributed by atoms with Crippen molar-refractivity contribution in [2.45, 2.75) is 289 Å². The molecule has 4 amide bonds. The van der Waals surface area contributed by atoms with Gasteiger partial charge in [-0.05, 0) is 184 Å². The molecule has 6 aliphatic carbocycles. The second-order valence-corrected chi connectivity index (χ2v) is 30.2. The highest BCUT2D eigenvalue weighted by Crippen LogP contribution is 2.42. The first-order valence-corrected chi connectivity index (χ1v) is 36.8. The van der Waals surface area contributed by atoms with Crippen LogP contribution in [0, 0.1) is 47.3 Å². The van der Waals surface area contributed by atoms with Crippen LogP contribution in [-0.4, -0.2) is 176 Å². The van der Waals surface area contributed by atoms with Crippen molar-refractivity contribution in [3.05, 3.63) is 0 Å². The van der Waals surface area contributed by atoms with E-state index < -0.39 is 18.3 Å². The van der Waals surface area contributed by atoms with E-state index in [4.69, 9.17) is 42.6 Å². The molecule has 530 valence electrons. The number of likely N-dealkylation sites (N-methyl/N-ethyl adjacent to an activating group) is 1. The van der Waals surface area contributed by atoms with E-state index in [0.29, 0.717) is 118 Å². The van der Waals surface area contributed by atoms with E-state index in [1.54, 1.807) is 14.0 Å². The topological polar surface area (TPSA) is 234 Å². The van der Waals surface area contributed by atoms with Crippen LogP contribution < -0.4 is 21.3 Å². The first kappa shape index (κ1) is 77.0. The molecule has 0 aliphatic heterocycles. The van der Waals surface area contributed by atoms with E-state index in [9.17, 15) is 28.8 Å². The number of quaternary nitrogens is 1. The van der Waals surface area contributed by atoms with Gasteiger partial charge in [-0.25, -0.2) is 14.4 Å². The molecule has 16 atom stereocenters. The Hall–Kier alpha value is -3.98. The van der Waals surface area contributed by atoms with Crippen LogP contribution in [0.25, 0.3) is 0 Å². The first-order chi connectivity index (χ1) is 44.3. The van der Waals surface area contributed by atoms with Gasteiger partial charge in [-0.15, -0.1) is 0 Å². The Morgan fingerprint density at radius 2 is 0.891 bits per heavy atom. The minimum atomic E-state index is -0.533. The molecule has 0 aromatic heterocycles. The summed E-state index contributed by atoms with van der Waals surface area (Å²) in [6.45, 7) is 13.7. The summed E-state index contributed by atoms with van der Waals surface area (Å²) in [5.41, 5.74) is 0. The predicted octanol–water partition coefficient (Wildman–Crippen LogP) is 12.7. The van der Waals surface area contributed by atoms with E-state index in [1.165, 1.54) is 25.7 Å². The maximum atomic E-state index is 13.7. The molecule has 92 heavy (non-hydrogen) atoms. The monoisotopic (exact) mass is 1300 g/mol. The van der Waals surface area contributed by atoms with Crippen molar-refractivity contribution in [2.75, 3.05) is 87.1 Å². The van der Waals surface area contributed by atoms with E-state index in [2.05, 4.69) is 42.3 Å². The Balaban J connectivity index is 0.788. The summed E-state index contributed by atoms with van der Waals surface area (Å²) in [5.74, 6) is 3.59. The number of rotatable bonds is 38. The van der Waals surface area contributed by atoms with Gasteiger partial charge in [0.1, 0.15) is 19.3 Å². The molecule has 0 aromatic carbocycles. The van der Waals surface area contributed by atoms with Crippen LogP contribution in [0.3, 0.4) is 0 Å². The van der Waals surface area contributed by atoms with Gasteiger partial charge < -0.3 is 68.4 Å². The number of unbranched alkanes of at least 4 members (excludes halogenated alkanes) is 1. The van der Waals surface area contributed by atoms with Gasteiger partial charge in [-0.2, -0.15) is 0 Å². The fraction of sp³-hybridized carbons (Fsp3) is 0.917. The third kappa shape index (κ3) is 32.2. The van der Waals surface area contributed by atoms with Crippen molar-refractivity contribution in [3.63, 3.8) is 0 Å². The summed E-state index contributed by atoms with van der Waals surface area (Å²) in [6.07, 6.45) is 29.6. The van der Waals surface area contributed by atoms with E-state index >= 15 is 0 Å². The predicted molar refractivity (Wildman–Crippen MR) is 355 cm³/mol. The smallest absolute Gasteiger partial charge is 0.407 e. The summed E-state index contributed by atoms with van der Waals surface area (Å²) in [6, 6.07) is 0.511. The van der Waals surface area contributed by atoms with Gasteiger partial charge in [-0.1, -0.05) is 84.0 Å². The van der Waals surface area contributed by atoms with Crippen LogP contribution in [0.4, 0.5) is 14.4 Å². The fourth-order valence-corrected chi connectivity index (χ4v) is 16.7. The Morgan fingerprint density at radius 3 is 1.40 bits per heavy atom. The summed E-state index contributed by atoms with van der Waals surface area (Å²) in [5, 5.41) is 12.5. The van der Waals surface area contributed by atoms with Crippen molar-refractivity contribution in [3.8, 4) is 0 Å². The molecule has 6 aliphatic rings. The van der Waals surface area contributed by atoms with Crippen molar-refractivity contribution >= 4 is 36.1 Å². The standard InChI is InChI=1S/C72H127N5O15/c1-9-30-77(6,7)46-67(50-90-71(82)75-65-28-16-24-58(42-65)38-57-22-14-26-63(40-57)73-54(5)78)92-69(80)45-62-21-13-19-56(37-62)35-55-18-12-20-61(36-55)44-68(79)87-31-10-11-32-88-70(81)74-64-27-15-23-59(41-64)39-60-25-17-29-66(43-60)76-72(83)91-53(4)48-85-33-34-86-52(3)49-89-51(2)47-84-8/h51-53,55-67H,9-50H2,1-8H3,(H3-,73,74,75,76,78,81,82,83)/p+1. The molecule has 0 radical (unpaired) electrons. The van der Waals surface area contributed by atoms with Crippen LogP contribution in [0.1, 0.15) is 240 Å². The molecule has 0 heterocycles. The summed E-state index contributed by atoms with van der Waals surface area (Å²) >= 11 is 0. The maximum absolute atomic E-state index is 13.7. The number of hydrogen-bond acceptors (Lipinski definition) is 15. The summed E-state index contributed by atoms with van der Waals surface area (Å²) < 4.78 is 51.9. The lowest BCUT2D eigenvalue weighted by Crippen LogP contribution is -2.49. The Kier molecular flexibility index (Phi) is 35.6. The van der Waals surface area contributed by atoms with Crippen molar-refractivity contribution in [1.29, 1.82) is 0 Å². The number of methoxy groups -OCH3 is 1. The normalized spacial score (nSPS) is 28.4. The lowest BCUT2D eigenvalue weighted by Gasteiger charge is -2.35. The molecule has 6 fully saturated rings. The summed E-state index contributed by atoms with van der Waals surface area (Å²) in [7, 11) is 5.93. The number of ether oxygens (including phenoxy) is 9. The number of hydrogen-bond donors (Lipinski definition) is 4. The molecule has 20 nitrogen and oxygen atoms in total. The van der Waals surface area contributed by atoms with Gasteiger partial charge in [0.05, 0.1) is 79.1 Å². The summed E-state index contributed by atoms with van der Waals surface area (Å²) in [4.78, 5) is 77.5. The lowest BCUT2D eigenvalue weighted by atomic mass is 9.71. The Morgan fingerprint density at radius 1 is 0.446 bits per heavy atom. The molecule has 0 spiro atoms. The molecule has 4 N–H and O–H groups in total. The molecule has 0 bridgehead atoms. The average molecular weight is 1300 g/mol. The number of nitrogens with zero attached hydrogens (tertiary/aromatic N) is 1. The van der Waals surface area contributed by atoms with E-state index in [0.717, 1.165) is 161 Å². The number of nitrogens with one attached hydrogen (secondary N) is 4. The SMILES string of the molecule is CCC[N+](C)(C)CC(COC(=O)NC1CCCC(CC2CCCC(NC(C)=O)C2)C1)OC(=O)CC1CCCC(CC2CCCC(CC(=O)OCCCCOC(=O)NC3CCCC(CC4CCCC(NC(=O)OC(C)COCCOC(C)COC(C)COC)C4)C3)C2)C1. The molecule has 6 rings (SSSR count). The van der Waals surface area contributed by atoms with Crippen LogP contribution >= 0.6 is 0 Å². The highest BCUT2D eigenvalue weighted by atomic mass is 16.6. The second kappa shape index (κ2) is 42.5. The van der Waals surface area contributed by atoms with Gasteiger partial charge >= 0.3 is 30.2 Å². The fourth-order valence-electron chi connectivity index (χ4n) is 16.7. The van der Waals surface area contributed by atoms with Gasteiger partial charge in [0.25, 0.3) is 0 Å². The average Bonchev–Trinajstić information content (AvgIpc) is 3.19. The minimum absolute atomic E-state index is 0.00925. The molecule has 0 aromatic rings. The molecular formula is C72H128N5O15+. The zero-order valence-corrected chi connectivity index (χ0v) is 58.5. The van der Waals surface area contributed by atoms with Gasteiger partial charge in [0.15, 0.2) is 6.10 Å². The number of esters is 2. The third-order valence-electron chi connectivity index (χ3n) is 20.8. The van der Waals surface area contributed by atoms with Gasteiger partial charge in [0, 0.05) is 51.0 Å². The van der Waals surface area contributed by atoms with Gasteiger partial charge in [-0.3, -0.25) is 14.4 Å². The third-order valence-corrected chi connectivity index (χ3v) is 20.8. The van der Waals surface area contributed by atoms with Crippen LogP contribution in [0.15, 0.2) is 0 Å². The largest absolute Gasteiger partial charge is 0.466 e. The van der Waals surface area contributed by atoms with Gasteiger partial charge in [0.2, 0.25) is 5.91 Å². The second-order valence-electron chi connectivity index (χ2n) is 30.2. The molecular weight excluding hydrogens is 1170 g/mol. The molecule has 6 saturated carbocycles. The van der Waals surface area contributed by atoms with Crippen molar-refractivity contribution < 1.29 is 75.9 Å². The minimum Gasteiger partial charge on any atom is -0.466 e. The number of carbonyl (C=O) groups is 6. The number of amides is 4. The lowest BCUT2D eigenvalue weighted by molar-refractivity contribution is -0.893. The van der Waals surface area contributed by atoms with Crippen LogP contribution in [-0.2, 0) is 57.0 Å². The van der Waals surface area contributed by atoms with Crippen molar-refractivity contribution in [1.82, 2.24) is 21.3 Å². The number of carbonyl (C=O) groups excluding carboxylic acids is 6. The van der Waals surface area contributed by atoms with E-state index in [-0.39, 0.29) is 85.5 Å². The zero-order chi connectivity index (χ0) is 66.1. The number of alkyl carbamates (subject to hydrolysis) is 3. The zero-order valence-electron chi connectivity index (χ0n) is 58.5. The molecule has 0 saturated heterocycles. The molecule has 16 unspecified atom stereocenters. The highest BCUT2D eigenvalue weighted by molar-refractivity contribution is 5.73. The van der Waals surface area contributed by atoms with Crippen LogP contribution in [0.2, 0.25) is 0 Å². The Labute approximate surface area is 554 Å². The van der Waals surface area contributed by atoms with Crippen LogP contribution in [0.5, 0.6) is 0 Å². The van der Waals surface area contributed by atoms with Crippen molar-refractivity contribution in [2.24, 2.45) is 47.3 Å². The quantitative estimate of drug-likeness (QED) is 0.0195. The first-order valence-electron chi connectivity index (χ1n) is 36.8. The molecule has 20 heteroatoms. The Bertz CT molecular complexity index is 2140. The van der Waals surface area contributed by atoms with E-state index in [1.807, 2.05) is 20.8 Å². The highest BCUT2D eigenvalue weighted by Gasteiger charge is 2.35. The maximum Gasteiger partial charge on any atom is 0.407 e.